The van der Waals surface area contributed by atoms with Crippen LogP contribution in [-0.2, 0) is 0 Å². The molecule has 0 aliphatic heterocycles. The predicted octanol–water partition coefficient (Wildman–Crippen LogP) is 12.5. The molecule has 0 saturated carbocycles. The molecule has 0 bridgehead atoms. The third kappa shape index (κ3) is 3.66. The van der Waals surface area contributed by atoms with Crippen LogP contribution in [0.3, 0.4) is 0 Å². The summed E-state index contributed by atoms with van der Waals surface area (Å²) in [5.41, 5.74) is 5.30. The number of benzene rings is 3. The lowest BCUT2D eigenvalue weighted by Gasteiger charge is -2.15. The van der Waals surface area contributed by atoms with Crippen molar-refractivity contribution < 1.29 is 0 Å². The van der Waals surface area contributed by atoms with E-state index in [1.807, 2.05) is 45.3 Å². The maximum absolute atomic E-state index is 4.76. The Morgan fingerprint density at radius 3 is 1.19 bits per heavy atom. The van der Waals surface area contributed by atoms with Gasteiger partial charge >= 0.3 is 0 Å². The van der Waals surface area contributed by atoms with Crippen molar-refractivity contribution in [2.24, 2.45) is 0 Å². The molecule has 0 nitrogen and oxygen atoms in total. The zero-order valence-corrected chi connectivity index (χ0v) is 24.1. The predicted molar refractivity (Wildman–Crippen MR) is 173 cm³/mol. The molecule has 4 aromatic heterocycles. The molecule has 0 saturated heterocycles. The van der Waals surface area contributed by atoms with Crippen LogP contribution in [0.2, 0.25) is 0 Å². The van der Waals surface area contributed by atoms with Gasteiger partial charge < -0.3 is 0 Å². The van der Waals surface area contributed by atoms with Crippen molar-refractivity contribution in [3.63, 3.8) is 0 Å². The molecule has 4 heterocycles. The molecule has 0 spiro atoms. The molecule has 180 valence electrons. The Morgan fingerprint density at radius 2 is 0.811 bits per heavy atom. The first-order valence-electron chi connectivity index (χ1n) is 11.7. The van der Waals surface area contributed by atoms with E-state index in [9.17, 15) is 0 Å². The number of alkyl halides is 2. The highest BCUT2D eigenvalue weighted by Gasteiger charge is 2.23. The van der Waals surface area contributed by atoms with Gasteiger partial charge in [0.05, 0.1) is 5.34 Å². The second-order valence-corrected chi connectivity index (χ2v) is 12.7. The highest BCUT2D eigenvalue weighted by Crippen LogP contribution is 2.53. The summed E-state index contributed by atoms with van der Waals surface area (Å²) in [4.78, 5) is 0. The smallest absolute Gasteiger partial charge is 0.0967 e. The van der Waals surface area contributed by atoms with Gasteiger partial charge in [0, 0.05) is 63.6 Å². The average molecular weight is 590 g/mol. The van der Waals surface area contributed by atoms with Crippen LogP contribution < -0.4 is 0 Å². The summed E-state index contributed by atoms with van der Waals surface area (Å²) in [7, 11) is 0. The Hall–Kier alpha value is -2.44. The fraction of sp³-hybridized carbons (Fsp3) is 0.0323. The number of thiophene rings is 4. The van der Waals surface area contributed by atoms with E-state index in [1.165, 1.54) is 74.7 Å². The third-order valence-corrected chi connectivity index (χ3v) is 10.3. The van der Waals surface area contributed by atoms with Gasteiger partial charge in [0.25, 0.3) is 0 Å². The van der Waals surface area contributed by atoms with Gasteiger partial charge in [0.1, 0.15) is 0 Å². The van der Waals surface area contributed by atoms with Crippen molar-refractivity contribution in [1.29, 1.82) is 0 Å². The highest BCUT2D eigenvalue weighted by molar-refractivity contribution is 7.21. The SMILES string of the molecule is ClCCl.c1ccc(-c2c(-c3ccccc3)c3scc4c5cscc5c5cscc5c5csc2c5c34)cc1. The van der Waals surface area contributed by atoms with Crippen molar-refractivity contribution in [2.75, 3.05) is 5.34 Å². The van der Waals surface area contributed by atoms with Crippen molar-refractivity contribution in [1.82, 2.24) is 0 Å². The molecule has 0 aliphatic carbocycles. The summed E-state index contributed by atoms with van der Waals surface area (Å²) in [6, 6.07) is 21.9. The Morgan fingerprint density at radius 1 is 0.459 bits per heavy atom. The molecular formula is C31H18Cl2S4. The molecule has 8 rings (SSSR count). The molecule has 0 amide bonds. The lowest BCUT2D eigenvalue weighted by atomic mass is 9.89. The van der Waals surface area contributed by atoms with Gasteiger partial charge in [0.2, 0.25) is 0 Å². The first-order chi connectivity index (χ1) is 18.3. The molecule has 6 heteroatoms. The van der Waals surface area contributed by atoms with Crippen LogP contribution in [0.25, 0.3) is 74.7 Å². The molecule has 8 aromatic rings. The average Bonchev–Trinajstić information content (AvgIpc) is 3.73. The molecule has 4 aromatic carbocycles. The summed E-state index contributed by atoms with van der Waals surface area (Å²) in [6.07, 6.45) is 0. The van der Waals surface area contributed by atoms with Gasteiger partial charge in [-0.1, -0.05) is 60.7 Å². The topological polar surface area (TPSA) is 0 Å². The van der Waals surface area contributed by atoms with Gasteiger partial charge in [-0.15, -0.1) is 45.9 Å². The van der Waals surface area contributed by atoms with E-state index >= 15 is 0 Å². The fourth-order valence-electron chi connectivity index (χ4n) is 5.39. The summed E-state index contributed by atoms with van der Waals surface area (Å²) in [5.74, 6) is 0. The van der Waals surface area contributed by atoms with E-state index in [0.717, 1.165) is 0 Å². The quantitative estimate of drug-likeness (QED) is 0.176. The van der Waals surface area contributed by atoms with E-state index in [4.69, 9.17) is 23.2 Å². The van der Waals surface area contributed by atoms with Crippen molar-refractivity contribution in [2.45, 2.75) is 0 Å². The van der Waals surface area contributed by atoms with Gasteiger partial charge in [-0.3, -0.25) is 0 Å². The summed E-state index contributed by atoms with van der Waals surface area (Å²) >= 11 is 16.9. The Labute approximate surface area is 239 Å². The first kappa shape index (κ1) is 23.7. The lowest BCUT2D eigenvalue weighted by molar-refractivity contribution is 1.65. The molecule has 0 atom stereocenters. The van der Waals surface area contributed by atoms with Crippen molar-refractivity contribution in [3.8, 4) is 22.3 Å². The maximum atomic E-state index is 4.76. The number of halogens is 2. The van der Waals surface area contributed by atoms with Crippen LogP contribution in [0, 0.1) is 0 Å². The second kappa shape index (κ2) is 9.70. The van der Waals surface area contributed by atoms with E-state index in [2.05, 4.69) is 92.9 Å². The highest BCUT2D eigenvalue weighted by atomic mass is 35.5. The summed E-state index contributed by atoms with van der Waals surface area (Å²) < 4.78 is 2.78. The minimum atomic E-state index is 0.194. The molecule has 0 unspecified atom stereocenters. The Kier molecular flexibility index (Phi) is 6.20. The Bertz CT molecular complexity index is 1880. The lowest BCUT2D eigenvalue weighted by Crippen LogP contribution is -1.88. The molecule has 0 N–H and O–H groups in total. The molecular weight excluding hydrogens is 572 g/mol. The van der Waals surface area contributed by atoms with Crippen LogP contribution >= 0.6 is 68.5 Å². The number of hydrogen-bond acceptors (Lipinski definition) is 4. The van der Waals surface area contributed by atoms with E-state index in [0.29, 0.717) is 0 Å². The van der Waals surface area contributed by atoms with Crippen LogP contribution in [0.4, 0.5) is 0 Å². The zero-order chi connectivity index (χ0) is 24.9. The minimum absolute atomic E-state index is 0.194. The monoisotopic (exact) mass is 588 g/mol. The molecule has 0 aliphatic rings. The van der Waals surface area contributed by atoms with Crippen LogP contribution in [0.15, 0.2) is 92.9 Å². The first-order valence-corrected chi connectivity index (χ1v) is 16.4. The van der Waals surface area contributed by atoms with E-state index in [-0.39, 0.29) is 5.34 Å². The fourth-order valence-corrected chi connectivity index (χ4v) is 9.39. The van der Waals surface area contributed by atoms with E-state index < -0.39 is 0 Å². The number of fused-ring (bicyclic) bond motifs is 5. The van der Waals surface area contributed by atoms with Crippen LogP contribution in [0.5, 0.6) is 0 Å². The van der Waals surface area contributed by atoms with Gasteiger partial charge in [-0.05, 0) is 43.4 Å². The Balaban J connectivity index is 0.000000738. The number of hydrogen-bond donors (Lipinski definition) is 0. The van der Waals surface area contributed by atoms with Crippen molar-refractivity contribution >= 4 is 121 Å². The van der Waals surface area contributed by atoms with E-state index in [1.54, 1.807) is 0 Å². The van der Waals surface area contributed by atoms with Gasteiger partial charge in [-0.2, -0.15) is 22.7 Å². The molecule has 0 radical (unpaired) electrons. The summed E-state index contributed by atoms with van der Waals surface area (Å²) in [6.45, 7) is 0. The van der Waals surface area contributed by atoms with Crippen molar-refractivity contribution in [3.05, 3.63) is 92.9 Å². The van der Waals surface area contributed by atoms with Crippen LogP contribution in [0.1, 0.15) is 0 Å². The van der Waals surface area contributed by atoms with Crippen LogP contribution in [-0.4, -0.2) is 5.34 Å². The second-order valence-electron chi connectivity index (χ2n) is 8.69. The standard InChI is InChI=1S/C30H16S4.CH2Cl2/c1-3-7-17(8-4-1)25-26(18-9-5-2-6-10-18)30-28-24(16-34-30)22-14-32-12-20(22)19-11-31-13-21(19)23-15-33-29(25)27(23)28;2-1-3/h1-16H;1H2. The molecule has 0 fully saturated rings. The van der Waals surface area contributed by atoms with Gasteiger partial charge in [0.15, 0.2) is 0 Å². The largest absolute Gasteiger partial charge is 0.151 e. The normalized spacial score (nSPS) is 11.6. The summed E-state index contributed by atoms with van der Waals surface area (Å²) in [5, 5.41) is 25.4. The minimum Gasteiger partial charge on any atom is -0.151 e. The molecule has 37 heavy (non-hydrogen) atoms. The number of rotatable bonds is 2. The maximum Gasteiger partial charge on any atom is 0.0967 e. The zero-order valence-electron chi connectivity index (χ0n) is 19.3. The third-order valence-electron chi connectivity index (χ3n) is 6.86. The van der Waals surface area contributed by atoms with Gasteiger partial charge in [-0.25, -0.2) is 0 Å².